The van der Waals surface area contributed by atoms with E-state index < -0.39 is 0 Å². The topological polar surface area (TPSA) is 32.3 Å². The smallest absolute Gasteiger partial charge is 0.146 e. The first-order chi connectivity index (χ1) is 5.07. The summed E-state index contributed by atoms with van der Waals surface area (Å²) in [4.78, 5) is 12.0. The molecule has 0 bridgehead atoms. The molecule has 0 saturated heterocycles. The zero-order valence-corrected chi connectivity index (χ0v) is 7.59. The minimum absolute atomic E-state index is 0.351. The van der Waals surface area contributed by atoms with Gasteiger partial charge in [0.2, 0.25) is 0 Å². The van der Waals surface area contributed by atoms with Gasteiger partial charge in [-0.3, -0.25) is 4.79 Å². The van der Waals surface area contributed by atoms with Gasteiger partial charge in [0.1, 0.15) is 12.1 Å². The summed E-state index contributed by atoms with van der Waals surface area (Å²) in [7, 11) is 3.79. The lowest BCUT2D eigenvalue weighted by atomic mass is 10.4. The lowest BCUT2D eigenvalue weighted by Gasteiger charge is -2.20. The molecule has 3 nitrogen and oxygen atoms in total. The zero-order chi connectivity index (χ0) is 8.85. The SMILES string of the molecule is CC(C)N/C(=C/C=O)N(C)C. The summed E-state index contributed by atoms with van der Waals surface area (Å²) in [5.41, 5.74) is 0. The Morgan fingerprint density at radius 3 is 2.27 bits per heavy atom. The van der Waals surface area contributed by atoms with Crippen LogP contribution < -0.4 is 5.32 Å². The van der Waals surface area contributed by atoms with Gasteiger partial charge in [-0.25, -0.2) is 0 Å². The van der Waals surface area contributed by atoms with Gasteiger partial charge in [0.15, 0.2) is 0 Å². The van der Waals surface area contributed by atoms with E-state index in [-0.39, 0.29) is 0 Å². The maximum Gasteiger partial charge on any atom is 0.146 e. The van der Waals surface area contributed by atoms with Crippen molar-refractivity contribution in [2.24, 2.45) is 0 Å². The first kappa shape index (κ1) is 10.0. The van der Waals surface area contributed by atoms with Crippen molar-refractivity contribution >= 4 is 6.29 Å². The van der Waals surface area contributed by atoms with Gasteiger partial charge >= 0.3 is 0 Å². The van der Waals surface area contributed by atoms with E-state index in [0.717, 1.165) is 12.1 Å². The van der Waals surface area contributed by atoms with Crippen molar-refractivity contribution in [1.29, 1.82) is 0 Å². The molecule has 0 aromatic carbocycles. The predicted molar refractivity (Wildman–Crippen MR) is 46.1 cm³/mol. The largest absolute Gasteiger partial charge is 0.369 e. The van der Waals surface area contributed by atoms with Crippen LogP contribution in [0.2, 0.25) is 0 Å². The van der Waals surface area contributed by atoms with Gasteiger partial charge in [0.05, 0.1) is 0 Å². The third-order valence-electron chi connectivity index (χ3n) is 1.14. The van der Waals surface area contributed by atoms with Crippen LogP contribution in [0.3, 0.4) is 0 Å². The first-order valence-electron chi connectivity index (χ1n) is 3.67. The molecule has 0 radical (unpaired) electrons. The van der Waals surface area contributed by atoms with Crippen LogP contribution in [-0.4, -0.2) is 31.3 Å². The molecule has 11 heavy (non-hydrogen) atoms. The van der Waals surface area contributed by atoms with Crippen molar-refractivity contribution in [3.8, 4) is 0 Å². The Bertz CT molecular complexity index is 150. The van der Waals surface area contributed by atoms with Gasteiger partial charge in [-0.1, -0.05) is 0 Å². The molecule has 0 atom stereocenters. The molecular formula is C8H16N2O. The third kappa shape index (κ3) is 4.42. The third-order valence-corrected chi connectivity index (χ3v) is 1.14. The maximum atomic E-state index is 10.2. The maximum absolute atomic E-state index is 10.2. The van der Waals surface area contributed by atoms with Gasteiger partial charge in [-0.05, 0) is 13.8 Å². The van der Waals surface area contributed by atoms with Crippen LogP contribution in [0.4, 0.5) is 0 Å². The molecule has 0 fully saturated rings. The van der Waals surface area contributed by atoms with Crippen LogP contribution in [0.5, 0.6) is 0 Å². The number of aldehydes is 1. The second-order valence-corrected chi connectivity index (χ2v) is 2.88. The van der Waals surface area contributed by atoms with E-state index in [9.17, 15) is 4.79 Å². The van der Waals surface area contributed by atoms with E-state index in [1.807, 2.05) is 32.8 Å². The molecule has 0 aliphatic heterocycles. The Kier molecular flexibility index (Phi) is 4.34. The van der Waals surface area contributed by atoms with Crippen molar-refractivity contribution in [2.75, 3.05) is 14.1 Å². The van der Waals surface area contributed by atoms with Crippen molar-refractivity contribution in [1.82, 2.24) is 10.2 Å². The Morgan fingerprint density at radius 2 is 2.00 bits per heavy atom. The lowest BCUT2D eigenvalue weighted by molar-refractivity contribution is -0.104. The van der Waals surface area contributed by atoms with E-state index in [1.54, 1.807) is 0 Å². The summed E-state index contributed by atoms with van der Waals surface area (Å²) in [5, 5.41) is 3.14. The number of nitrogens with zero attached hydrogens (tertiary/aromatic N) is 1. The van der Waals surface area contributed by atoms with Gasteiger partial charge in [-0.2, -0.15) is 0 Å². The Balaban J connectivity index is 4.11. The number of hydrogen-bond donors (Lipinski definition) is 1. The molecule has 64 valence electrons. The summed E-state index contributed by atoms with van der Waals surface area (Å²) in [5.74, 6) is 0.843. The highest BCUT2D eigenvalue weighted by atomic mass is 16.1. The van der Waals surface area contributed by atoms with Crippen molar-refractivity contribution in [2.45, 2.75) is 19.9 Å². The lowest BCUT2D eigenvalue weighted by Crippen LogP contribution is -2.30. The molecule has 0 amide bonds. The van der Waals surface area contributed by atoms with Gasteiger partial charge < -0.3 is 10.2 Å². The predicted octanol–water partition coefficient (Wildman–Crippen LogP) is 0.586. The molecule has 0 spiro atoms. The molecule has 0 heterocycles. The van der Waals surface area contributed by atoms with Crippen LogP contribution in [0, 0.1) is 0 Å². The second kappa shape index (κ2) is 4.77. The minimum Gasteiger partial charge on any atom is -0.369 e. The fourth-order valence-electron chi connectivity index (χ4n) is 0.686. The molecular weight excluding hydrogens is 140 g/mol. The monoisotopic (exact) mass is 156 g/mol. The Hall–Kier alpha value is -0.990. The highest BCUT2D eigenvalue weighted by Gasteiger charge is 1.99. The molecule has 0 aliphatic rings. The highest BCUT2D eigenvalue weighted by Crippen LogP contribution is 1.93. The summed E-state index contributed by atoms with van der Waals surface area (Å²) < 4.78 is 0. The first-order valence-corrected chi connectivity index (χ1v) is 3.67. The average Bonchev–Trinajstić information content (AvgIpc) is 1.86. The Morgan fingerprint density at radius 1 is 1.45 bits per heavy atom. The zero-order valence-electron chi connectivity index (χ0n) is 7.59. The van der Waals surface area contributed by atoms with Gasteiger partial charge in [0, 0.05) is 26.2 Å². The number of allylic oxidation sites excluding steroid dienone is 1. The fourth-order valence-corrected chi connectivity index (χ4v) is 0.686. The highest BCUT2D eigenvalue weighted by molar-refractivity contribution is 5.65. The normalized spacial score (nSPS) is 11.5. The second-order valence-electron chi connectivity index (χ2n) is 2.88. The minimum atomic E-state index is 0.351. The molecule has 0 aromatic heterocycles. The summed E-state index contributed by atoms with van der Waals surface area (Å²) in [6, 6.07) is 0.351. The van der Waals surface area contributed by atoms with Crippen molar-refractivity contribution in [3.63, 3.8) is 0 Å². The van der Waals surface area contributed by atoms with E-state index in [2.05, 4.69) is 5.32 Å². The molecule has 0 aliphatic carbocycles. The van der Waals surface area contributed by atoms with E-state index in [4.69, 9.17) is 0 Å². The van der Waals surface area contributed by atoms with Gasteiger partial charge in [0.25, 0.3) is 0 Å². The van der Waals surface area contributed by atoms with Crippen LogP contribution in [0.15, 0.2) is 11.9 Å². The van der Waals surface area contributed by atoms with Gasteiger partial charge in [-0.15, -0.1) is 0 Å². The van der Waals surface area contributed by atoms with Crippen LogP contribution in [-0.2, 0) is 4.79 Å². The number of carbonyl (C=O) groups excluding carboxylic acids is 1. The van der Waals surface area contributed by atoms with Crippen molar-refractivity contribution in [3.05, 3.63) is 11.9 Å². The average molecular weight is 156 g/mol. The van der Waals surface area contributed by atoms with E-state index in [1.165, 1.54) is 6.08 Å². The summed E-state index contributed by atoms with van der Waals surface area (Å²) >= 11 is 0. The Labute approximate surface area is 68.1 Å². The standard InChI is InChI=1S/C8H16N2O/c1-7(2)9-8(5-6-11)10(3)4/h5-7,9H,1-4H3/b8-5-. The van der Waals surface area contributed by atoms with E-state index >= 15 is 0 Å². The molecule has 3 heteroatoms. The molecule has 0 rings (SSSR count). The summed E-state index contributed by atoms with van der Waals surface area (Å²) in [6.07, 6.45) is 2.30. The van der Waals surface area contributed by atoms with Crippen LogP contribution in [0.25, 0.3) is 0 Å². The van der Waals surface area contributed by atoms with Crippen LogP contribution in [0.1, 0.15) is 13.8 Å². The summed E-state index contributed by atoms with van der Waals surface area (Å²) in [6.45, 7) is 4.06. The molecule has 0 saturated carbocycles. The van der Waals surface area contributed by atoms with Crippen LogP contribution >= 0.6 is 0 Å². The van der Waals surface area contributed by atoms with Crippen molar-refractivity contribution < 1.29 is 4.79 Å². The number of hydrogen-bond acceptors (Lipinski definition) is 3. The quantitative estimate of drug-likeness (QED) is 0.477. The number of carbonyl (C=O) groups is 1. The van der Waals surface area contributed by atoms with E-state index in [0.29, 0.717) is 6.04 Å². The molecule has 0 unspecified atom stereocenters. The number of rotatable bonds is 4. The molecule has 0 aromatic rings. The number of nitrogens with one attached hydrogen (secondary N) is 1. The fraction of sp³-hybridized carbons (Fsp3) is 0.625. The molecule has 1 N–H and O–H groups in total.